The molecule has 0 bridgehead atoms. The van der Waals surface area contributed by atoms with Crippen LogP contribution in [0.15, 0.2) is 30.3 Å². The Hall–Kier alpha value is -2.70. The van der Waals surface area contributed by atoms with E-state index >= 15 is 0 Å². The van der Waals surface area contributed by atoms with Crippen molar-refractivity contribution in [2.24, 2.45) is 0 Å². The van der Waals surface area contributed by atoms with Crippen molar-refractivity contribution >= 4 is 23.7 Å². The van der Waals surface area contributed by atoms with Crippen LogP contribution < -0.4 is 0 Å². The van der Waals surface area contributed by atoms with Gasteiger partial charge in [-0.1, -0.05) is 0 Å². The number of ether oxygens (including phenoxy) is 2. The van der Waals surface area contributed by atoms with Crippen molar-refractivity contribution in [3.8, 4) is 0 Å². The third kappa shape index (κ3) is 3.88. The normalized spacial score (nSPS) is 21.3. The molecule has 0 radical (unpaired) electrons. The first-order valence-corrected chi connectivity index (χ1v) is 6.29. The van der Waals surface area contributed by atoms with Gasteiger partial charge in [0, 0.05) is 24.6 Å². The Balaban J connectivity index is 1.93. The van der Waals surface area contributed by atoms with Crippen LogP contribution in [0.2, 0.25) is 0 Å². The summed E-state index contributed by atoms with van der Waals surface area (Å²) in [5.74, 6) is -1.20. The standard InChI is InChI=1S/C14H13NO6/c1-9-8-12(14(17)20-9)21-13(16)7-4-10-2-5-11(6-3-10)15(18)19/h2-7,9,12H,8H2,1H3/b7-4+/t9-,12+/m0/s1. The van der Waals surface area contributed by atoms with E-state index in [1.807, 2.05) is 0 Å². The smallest absolute Gasteiger partial charge is 0.347 e. The van der Waals surface area contributed by atoms with Gasteiger partial charge in [0.2, 0.25) is 6.10 Å². The molecule has 1 saturated heterocycles. The first-order chi connectivity index (χ1) is 9.95. The average Bonchev–Trinajstić information content (AvgIpc) is 2.75. The van der Waals surface area contributed by atoms with Gasteiger partial charge in [-0.2, -0.15) is 0 Å². The van der Waals surface area contributed by atoms with Gasteiger partial charge in [-0.05, 0) is 30.7 Å². The van der Waals surface area contributed by atoms with Crippen molar-refractivity contribution < 1.29 is 24.0 Å². The zero-order chi connectivity index (χ0) is 15.4. The lowest BCUT2D eigenvalue weighted by Crippen LogP contribution is -2.21. The fraction of sp³-hybridized carbons (Fsp3) is 0.286. The molecule has 2 rings (SSSR count). The average molecular weight is 291 g/mol. The van der Waals surface area contributed by atoms with Gasteiger partial charge in [-0.25, -0.2) is 9.59 Å². The highest BCUT2D eigenvalue weighted by atomic mass is 16.6. The van der Waals surface area contributed by atoms with E-state index in [1.165, 1.54) is 30.3 Å². The molecule has 0 spiro atoms. The van der Waals surface area contributed by atoms with E-state index in [0.717, 1.165) is 6.08 Å². The van der Waals surface area contributed by atoms with Gasteiger partial charge in [0.05, 0.1) is 4.92 Å². The van der Waals surface area contributed by atoms with E-state index in [1.54, 1.807) is 6.92 Å². The number of esters is 2. The summed E-state index contributed by atoms with van der Waals surface area (Å²) in [5.41, 5.74) is 0.581. The molecule has 1 aromatic rings. The van der Waals surface area contributed by atoms with Crippen molar-refractivity contribution in [3.05, 3.63) is 46.0 Å². The molecule has 0 aromatic heterocycles. The number of nitro groups is 1. The maximum atomic E-state index is 11.6. The summed E-state index contributed by atoms with van der Waals surface area (Å²) in [4.78, 5) is 32.9. The van der Waals surface area contributed by atoms with Crippen LogP contribution in [0, 0.1) is 10.1 Å². The first kappa shape index (κ1) is 14.7. The van der Waals surface area contributed by atoms with Crippen LogP contribution in [0.25, 0.3) is 6.08 Å². The van der Waals surface area contributed by atoms with Gasteiger partial charge in [0.1, 0.15) is 6.10 Å². The largest absolute Gasteiger partial charge is 0.460 e. The van der Waals surface area contributed by atoms with Crippen LogP contribution in [-0.4, -0.2) is 29.1 Å². The second-order valence-corrected chi connectivity index (χ2v) is 4.59. The van der Waals surface area contributed by atoms with Gasteiger partial charge in [0.25, 0.3) is 5.69 Å². The van der Waals surface area contributed by atoms with Crippen molar-refractivity contribution in [3.63, 3.8) is 0 Å². The Labute approximate surface area is 120 Å². The highest BCUT2D eigenvalue weighted by Gasteiger charge is 2.34. The van der Waals surface area contributed by atoms with E-state index in [0.29, 0.717) is 12.0 Å². The predicted octanol–water partition coefficient (Wildman–Crippen LogP) is 1.86. The Morgan fingerprint density at radius 2 is 2.10 bits per heavy atom. The van der Waals surface area contributed by atoms with Crippen LogP contribution in [0.3, 0.4) is 0 Å². The monoisotopic (exact) mass is 291 g/mol. The number of hydrogen-bond acceptors (Lipinski definition) is 6. The molecule has 110 valence electrons. The highest BCUT2D eigenvalue weighted by Crippen LogP contribution is 2.18. The molecule has 1 aliphatic heterocycles. The maximum absolute atomic E-state index is 11.6. The number of cyclic esters (lactones) is 1. The molecule has 1 fully saturated rings. The van der Waals surface area contributed by atoms with Crippen LogP contribution in [0.1, 0.15) is 18.9 Å². The predicted molar refractivity (Wildman–Crippen MR) is 72.2 cm³/mol. The van der Waals surface area contributed by atoms with Crippen LogP contribution in [0.5, 0.6) is 0 Å². The molecule has 2 atom stereocenters. The summed E-state index contributed by atoms with van der Waals surface area (Å²) < 4.78 is 9.84. The first-order valence-electron chi connectivity index (χ1n) is 6.29. The molecule has 0 N–H and O–H groups in total. The molecule has 0 aliphatic carbocycles. The SMILES string of the molecule is C[C@H]1C[C@@H](OC(=O)/C=C/c2ccc([N+](=O)[O-])cc2)C(=O)O1. The fourth-order valence-electron chi connectivity index (χ4n) is 1.87. The number of rotatable bonds is 4. The van der Waals surface area contributed by atoms with Crippen molar-refractivity contribution in [1.29, 1.82) is 0 Å². The summed E-state index contributed by atoms with van der Waals surface area (Å²) >= 11 is 0. The lowest BCUT2D eigenvalue weighted by Gasteiger charge is -2.05. The summed E-state index contributed by atoms with van der Waals surface area (Å²) in [6.07, 6.45) is 1.84. The van der Waals surface area contributed by atoms with Gasteiger partial charge < -0.3 is 9.47 Å². The van der Waals surface area contributed by atoms with Crippen LogP contribution in [-0.2, 0) is 19.1 Å². The van der Waals surface area contributed by atoms with Crippen LogP contribution >= 0.6 is 0 Å². The fourth-order valence-corrected chi connectivity index (χ4v) is 1.87. The van der Waals surface area contributed by atoms with Gasteiger partial charge >= 0.3 is 11.9 Å². The second-order valence-electron chi connectivity index (χ2n) is 4.59. The molecule has 1 aromatic carbocycles. The minimum atomic E-state index is -0.867. The number of nitrogens with zero attached hydrogens (tertiary/aromatic N) is 1. The zero-order valence-corrected chi connectivity index (χ0v) is 11.2. The number of hydrogen-bond donors (Lipinski definition) is 0. The molecule has 0 saturated carbocycles. The minimum Gasteiger partial charge on any atom is -0.460 e. The van der Waals surface area contributed by atoms with E-state index in [-0.39, 0.29) is 11.8 Å². The Bertz CT molecular complexity index is 592. The van der Waals surface area contributed by atoms with Gasteiger partial charge in [-0.15, -0.1) is 0 Å². The molecule has 0 unspecified atom stereocenters. The molecular formula is C14H13NO6. The Kier molecular flexibility index (Phi) is 4.32. The van der Waals surface area contributed by atoms with E-state index in [9.17, 15) is 19.7 Å². The lowest BCUT2D eigenvalue weighted by molar-refractivity contribution is -0.384. The highest BCUT2D eigenvalue weighted by molar-refractivity contribution is 5.89. The number of benzene rings is 1. The number of nitro benzene ring substituents is 1. The maximum Gasteiger partial charge on any atom is 0.347 e. The lowest BCUT2D eigenvalue weighted by atomic mass is 10.2. The van der Waals surface area contributed by atoms with Gasteiger partial charge in [0.15, 0.2) is 0 Å². The third-order valence-electron chi connectivity index (χ3n) is 2.90. The molecule has 0 amide bonds. The van der Waals surface area contributed by atoms with E-state index < -0.39 is 23.0 Å². The number of carbonyl (C=O) groups is 2. The van der Waals surface area contributed by atoms with E-state index in [2.05, 4.69) is 0 Å². The van der Waals surface area contributed by atoms with Crippen LogP contribution in [0.4, 0.5) is 5.69 Å². The topological polar surface area (TPSA) is 95.7 Å². The van der Waals surface area contributed by atoms with Gasteiger partial charge in [-0.3, -0.25) is 10.1 Å². The third-order valence-corrected chi connectivity index (χ3v) is 2.90. The molecule has 7 heteroatoms. The summed E-state index contributed by atoms with van der Waals surface area (Å²) in [6.45, 7) is 1.72. The summed E-state index contributed by atoms with van der Waals surface area (Å²) in [7, 11) is 0. The molecule has 21 heavy (non-hydrogen) atoms. The molecule has 1 heterocycles. The summed E-state index contributed by atoms with van der Waals surface area (Å²) in [5, 5.41) is 10.5. The minimum absolute atomic E-state index is 0.0302. The number of carbonyl (C=O) groups excluding carboxylic acids is 2. The van der Waals surface area contributed by atoms with Crippen molar-refractivity contribution in [2.45, 2.75) is 25.6 Å². The molecular weight excluding hydrogens is 278 g/mol. The molecule has 1 aliphatic rings. The van der Waals surface area contributed by atoms with Crippen molar-refractivity contribution in [1.82, 2.24) is 0 Å². The second kappa shape index (κ2) is 6.17. The summed E-state index contributed by atoms with van der Waals surface area (Å²) in [6, 6.07) is 5.68. The Morgan fingerprint density at radius 1 is 1.43 bits per heavy atom. The van der Waals surface area contributed by atoms with Crippen molar-refractivity contribution in [2.75, 3.05) is 0 Å². The van der Waals surface area contributed by atoms with E-state index in [4.69, 9.17) is 9.47 Å². The Morgan fingerprint density at radius 3 is 2.62 bits per heavy atom. The zero-order valence-electron chi connectivity index (χ0n) is 11.2. The number of non-ortho nitro benzene ring substituents is 1. The quantitative estimate of drug-likeness (QED) is 0.363. The molecule has 7 nitrogen and oxygen atoms in total.